The summed E-state index contributed by atoms with van der Waals surface area (Å²) in [7, 11) is 0. The summed E-state index contributed by atoms with van der Waals surface area (Å²) >= 11 is 1.30. The highest BCUT2D eigenvalue weighted by molar-refractivity contribution is 7.99. The number of hydrogen-bond donors (Lipinski definition) is 2. The van der Waals surface area contributed by atoms with Gasteiger partial charge in [0.2, 0.25) is 17.7 Å². The van der Waals surface area contributed by atoms with Gasteiger partial charge in [0.25, 0.3) is 11.8 Å². The molecule has 2 fully saturated rings. The van der Waals surface area contributed by atoms with Crippen LogP contribution in [0, 0.1) is 5.82 Å². The number of aromatic nitrogens is 4. The van der Waals surface area contributed by atoms with Gasteiger partial charge in [0.05, 0.1) is 22.6 Å². The Labute approximate surface area is 343 Å². The molecule has 14 nitrogen and oxygen atoms in total. The number of carbonyl (C=O) groups is 5. The summed E-state index contributed by atoms with van der Waals surface area (Å²) < 4.78 is 22.5. The van der Waals surface area contributed by atoms with Gasteiger partial charge in [-0.05, 0) is 86.4 Å². The molecule has 0 bridgehead atoms. The van der Waals surface area contributed by atoms with Gasteiger partial charge in [-0.15, -0.1) is 11.8 Å². The summed E-state index contributed by atoms with van der Waals surface area (Å²) in [6, 6.07) is 18.3. The van der Waals surface area contributed by atoms with E-state index in [1.807, 2.05) is 64.2 Å². The van der Waals surface area contributed by atoms with Crippen molar-refractivity contribution in [3.8, 4) is 22.8 Å². The molecule has 3 aromatic carbocycles. The third-order valence-electron chi connectivity index (χ3n) is 11.0. The van der Waals surface area contributed by atoms with Crippen molar-refractivity contribution in [1.82, 2.24) is 34.9 Å². The Bertz CT molecular complexity index is 2430. The fourth-order valence-corrected chi connectivity index (χ4v) is 9.13. The average Bonchev–Trinajstić information content (AvgIpc) is 3.75. The van der Waals surface area contributed by atoms with E-state index in [0.29, 0.717) is 58.5 Å². The Hall–Kier alpha value is -6.16. The topological polar surface area (TPSA) is 183 Å². The van der Waals surface area contributed by atoms with Crippen molar-refractivity contribution in [2.45, 2.75) is 81.2 Å². The molecule has 5 heterocycles. The predicted octanol–water partition coefficient (Wildman–Crippen LogP) is 6.70. The van der Waals surface area contributed by atoms with Crippen molar-refractivity contribution in [2.75, 3.05) is 24.6 Å². The zero-order chi connectivity index (χ0) is 41.0. The molecule has 0 spiro atoms. The van der Waals surface area contributed by atoms with E-state index in [1.54, 1.807) is 0 Å². The number of ether oxygens (including phenoxy) is 1. The number of carbonyl (C=O) groups excluding carboxylic acids is 5. The quantitative estimate of drug-likeness (QED) is 0.0691. The number of benzene rings is 3. The molecule has 2 unspecified atom stereocenters. The smallest absolute Gasteiger partial charge is 0.263 e. The van der Waals surface area contributed by atoms with Gasteiger partial charge in [-0.1, -0.05) is 37.5 Å². The Morgan fingerprint density at radius 2 is 1.68 bits per heavy atom. The minimum atomic E-state index is -1.11. The molecule has 2 aromatic heterocycles. The molecule has 5 amide bonds. The number of likely N-dealkylation sites (tertiary alicyclic amines) is 1. The monoisotopic (exact) mass is 818 g/mol. The first-order chi connectivity index (χ1) is 28.7. The first-order valence-corrected chi connectivity index (χ1v) is 20.9. The summed E-state index contributed by atoms with van der Waals surface area (Å²) in [4.78, 5) is 75.9. The Kier molecular flexibility index (Phi) is 11.7. The lowest BCUT2D eigenvalue weighted by atomic mass is 10.0. The van der Waals surface area contributed by atoms with Crippen LogP contribution in [0.3, 0.4) is 0 Å². The average molecular weight is 819 g/mol. The number of unbranched alkanes of at least 4 members (excludes halogenated alkanes) is 4. The van der Waals surface area contributed by atoms with E-state index in [1.165, 1.54) is 24.2 Å². The van der Waals surface area contributed by atoms with Gasteiger partial charge in [0.15, 0.2) is 5.65 Å². The van der Waals surface area contributed by atoms with E-state index in [0.717, 1.165) is 67.2 Å². The van der Waals surface area contributed by atoms with E-state index >= 15 is 0 Å². The van der Waals surface area contributed by atoms with Crippen LogP contribution >= 0.6 is 11.8 Å². The van der Waals surface area contributed by atoms with Crippen LogP contribution in [0.4, 0.5) is 10.2 Å². The number of nitrogens with one attached hydrogen (secondary N) is 1. The van der Waals surface area contributed by atoms with Crippen molar-refractivity contribution >= 4 is 58.1 Å². The third kappa shape index (κ3) is 8.40. The Morgan fingerprint density at radius 1 is 0.915 bits per heavy atom. The van der Waals surface area contributed by atoms with E-state index < -0.39 is 35.5 Å². The number of fused-ring (bicyclic) bond motifs is 2. The zero-order valence-corrected chi connectivity index (χ0v) is 33.1. The molecule has 0 saturated carbocycles. The van der Waals surface area contributed by atoms with Crippen molar-refractivity contribution in [3.63, 3.8) is 0 Å². The van der Waals surface area contributed by atoms with E-state index in [2.05, 4.69) is 15.3 Å². The van der Waals surface area contributed by atoms with E-state index in [4.69, 9.17) is 15.6 Å². The van der Waals surface area contributed by atoms with Gasteiger partial charge in [-0.25, -0.2) is 19.0 Å². The lowest BCUT2D eigenvalue weighted by Crippen LogP contribution is -2.54. The molecule has 2 atom stereocenters. The molecule has 59 heavy (non-hydrogen) atoms. The Morgan fingerprint density at radius 3 is 2.47 bits per heavy atom. The molecule has 2 saturated heterocycles. The fraction of sp³-hybridized carbons (Fsp3) is 0.349. The number of nitrogens with two attached hydrogens (primary N) is 1. The highest BCUT2D eigenvalue weighted by atomic mass is 32.2. The second-order valence-electron chi connectivity index (χ2n) is 15.0. The molecule has 3 N–H and O–H groups in total. The summed E-state index contributed by atoms with van der Waals surface area (Å²) in [5.74, 6) is -0.709. The maximum atomic E-state index is 14.6. The second-order valence-corrected chi connectivity index (χ2v) is 16.1. The molecule has 304 valence electrons. The first kappa shape index (κ1) is 39.7. The van der Waals surface area contributed by atoms with Gasteiger partial charge in [-0.3, -0.25) is 34.2 Å². The normalized spacial score (nSPS) is 18.1. The van der Waals surface area contributed by atoms with Crippen LogP contribution in [-0.4, -0.2) is 84.0 Å². The van der Waals surface area contributed by atoms with Gasteiger partial charge < -0.3 is 15.4 Å². The number of hydrogen-bond acceptors (Lipinski definition) is 11. The van der Waals surface area contributed by atoms with Crippen LogP contribution in [0.25, 0.3) is 22.3 Å². The van der Waals surface area contributed by atoms with E-state index in [-0.39, 0.29) is 35.9 Å². The largest absolute Gasteiger partial charge is 0.457 e. The maximum Gasteiger partial charge on any atom is 0.263 e. The number of nitrogen functional groups attached to an aromatic ring is 1. The van der Waals surface area contributed by atoms with Crippen molar-refractivity contribution < 1.29 is 33.1 Å². The summed E-state index contributed by atoms with van der Waals surface area (Å²) in [6.07, 6.45) is 7.78. The van der Waals surface area contributed by atoms with Crippen LogP contribution in [0.5, 0.6) is 11.5 Å². The standard InChI is InChI=1S/C43H43FN8O6S/c44-27-22-31-36(43(57)51(42(31)56)32-18-19-34(53)48-41(32)55)33(23-27)59-21-8-3-1-2-7-13-35(54)50-20-9-10-28(24-50)52-40-37(39(45)46-25-47-40)38(49-52)26-14-16-30(17-15-26)58-29-11-5-4-6-12-29/h4-6,11-12,14-17,22-23,25,28,32H,1-3,7-10,13,18-21,24H2,(H2,45,46,47)(H,48,53,55). The highest BCUT2D eigenvalue weighted by Crippen LogP contribution is 2.37. The number of nitrogens with zero attached hydrogens (tertiary/aromatic N) is 6. The Balaban J connectivity index is 0.813. The van der Waals surface area contributed by atoms with Crippen molar-refractivity contribution in [1.29, 1.82) is 0 Å². The predicted molar refractivity (Wildman–Crippen MR) is 218 cm³/mol. The molecular weight excluding hydrogens is 776 g/mol. The van der Waals surface area contributed by atoms with Gasteiger partial charge in [-0.2, -0.15) is 5.10 Å². The van der Waals surface area contributed by atoms with E-state index in [9.17, 15) is 28.4 Å². The number of para-hydroxylation sites is 1. The van der Waals surface area contributed by atoms with Crippen LogP contribution in [0.15, 0.2) is 78.0 Å². The number of anilines is 1. The molecule has 3 aliphatic rings. The first-order valence-electron chi connectivity index (χ1n) is 19.9. The molecule has 16 heteroatoms. The third-order valence-corrected chi connectivity index (χ3v) is 12.1. The lowest BCUT2D eigenvalue weighted by molar-refractivity contribution is -0.136. The number of thioether (sulfide) groups is 1. The number of imide groups is 2. The number of amides is 5. The van der Waals surface area contributed by atoms with Gasteiger partial charge in [0.1, 0.15) is 41.2 Å². The van der Waals surface area contributed by atoms with Gasteiger partial charge >= 0.3 is 0 Å². The lowest BCUT2D eigenvalue weighted by Gasteiger charge is -2.33. The molecule has 3 aliphatic heterocycles. The summed E-state index contributed by atoms with van der Waals surface area (Å²) in [6.45, 7) is 1.20. The van der Waals surface area contributed by atoms with Crippen molar-refractivity contribution in [2.24, 2.45) is 0 Å². The highest BCUT2D eigenvalue weighted by Gasteiger charge is 2.46. The van der Waals surface area contributed by atoms with Crippen LogP contribution < -0.4 is 15.8 Å². The second kappa shape index (κ2) is 17.4. The van der Waals surface area contributed by atoms with Crippen LogP contribution in [0.2, 0.25) is 0 Å². The van der Waals surface area contributed by atoms with Gasteiger partial charge in [0, 0.05) is 36.4 Å². The number of rotatable bonds is 14. The maximum absolute atomic E-state index is 14.6. The number of halogens is 1. The van der Waals surface area contributed by atoms with Crippen LogP contribution in [0.1, 0.15) is 91.0 Å². The number of piperidine rings is 2. The summed E-state index contributed by atoms with van der Waals surface area (Å²) in [5.41, 5.74) is 8.58. The molecular formula is C43H43FN8O6S. The van der Waals surface area contributed by atoms with Crippen molar-refractivity contribution in [3.05, 3.63) is 90.0 Å². The minimum Gasteiger partial charge on any atom is -0.457 e. The fourth-order valence-electron chi connectivity index (χ4n) is 8.03. The summed E-state index contributed by atoms with van der Waals surface area (Å²) in [5, 5.41) is 7.86. The molecule has 5 aromatic rings. The SMILES string of the molecule is Nc1ncnc2c1c(-c1ccc(Oc3ccccc3)cc1)nn2C1CCCN(C(=O)CCCCCCCSc2cc(F)cc3c2C(=O)N(C2CCC(=O)NC2=O)C3=O)C1. The zero-order valence-electron chi connectivity index (χ0n) is 32.3. The molecule has 0 aliphatic carbocycles. The van der Waals surface area contributed by atoms with Crippen LogP contribution in [-0.2, 0) is 14.4 Å². The molecule has 0 radical (unpaired) electrons. The molecule has 8 rings (SSSR count). The minimum absolute atomic E-state index is 0.00769.